The van der Waals surface area contributed by atoms with Gasteiger partial charge in [-0.3, -0.25) is 4.79 Å². The number of ketones is 1. The lowest BCUT2D eigenvalue weighted by molar-refractivity contribution is -0.139. The molecule has 1 saturated carbocycles. The van der Waals surface area contributed by atoms with E-state index in [1.54, 1.807) is 39.4 Å². The molecule has 0 aromatic heterocycles. The lowest BCUT2D eigenvalue weighted by Crippen LogP contribution is -2.07. The summed E-state index contributed by atoms with van der Waals surface area (Å²) in [4.78, 5) is 35.9. The Bertz CT molecular complexity index is 1420. The second-order valence-corrected chi connectivity index (χ2v) is 12.2. The minimum absolute atomic E-state index is 0.149. The summed E-state index contributed by atoms with van der Waals surface area (Å²) in [6, 6.07) is 11.0. The molecule has 9 heteroatoms. The lowest BCUT2D eigenvalue weighted by Gasteiger charge is -2.12. The molecule has 0 amide bonds. The van der Waals surface area contributed by atoms with Crippen molar-refractivity contribution in [2.75, 3.05) is 40.6 Å². The van der Waals surface area contributed by atoms with E-state index in [9.17, 15) is 14.4 Å². The van der Waals surface area contributed by atoms with E-state index in [4.69, 9.17) is 28.4 Å². The molecule has 0 bridgehead atoms. The average Bonchev–Trinajstić information content (AvgIpc) is 3.64. The van der Waals surface area contributed by atoms with Crippen LogP contribution in [0.25, 0.3) is 12.2 Å². The molecule has 2 aromatic rings. The zero-order valence-electron chi connectivity index (χ0n) is 29.3. The first-order chi connectivity index (χ1) is 23.8. The SMILES string of the molecule is C=C(C)C(=O)OCCCCCCOc1ccc(/C=C/C(=O)OCCCOc2ccc(/C=C/C(=O)CCC3CCCC3)cc2OC)cc1OC. The second kappa shape index (κ2) is 22.2. The number of carbonyl (C=O) groups excluding carboxylic acids is 3. The number of carbonyl (C=O) groups is 3. The van der Waals surface area contributed by atoms with Crippen LogP contribution in [0.3, 0.4) is 0 Å². The van der Waals surface area contributed by atoms with Gasteiger partial charge < -0.3 is 28.4 Å². The highest BCUT2D eigenvalue weighted by Gasteiger charge is 2.15. The molecule has 0 atom stereocenters. The number of benzene rings is 2. The van der Waals surface area contributed by atoms with E-state index in [1.165, 1.54) is 31.8 Å². The van der Waals surface area contributed by atoms with Crippen molar-refractivity contribution >= 4 is 29.9 Å². The summed E-state index contributed by atoms with van der Waals surface area (Å²) in [5, 5.41) is 0. The molecule has 0 spiro atoms. The topological polar surface area (TPSA) is 107 Å². The van der Waals surface area contributed by atoms with Crippen LogP contribution in [0.1, 0.15) is 88.7 Å². The van der Waals surface area contributed by atoms with Gasteiger partial charge in [-0.15, -0.1) is 0 Å². The highest BCUT2D eigenvalue weighted by Crippen LogP contribution is 2.31. The number of hydrogen-bond donors (Lipinski definition) is 0. The highest BCUT2D eigenvalue weighted by molar-refractivity contribution is 5.93. The van der Waals surface area contributed by atoms with E-state index in [0.717, 1.165) is 43.2 Å². The predicted octanol–water partition coefficient (Wildman–Crippen LogP) is 8.34. The van der Waals surface area contributed by atoms with E-state index < -0.39 is 5.97 Å². The van der Waals surface area contributed by atoms with Crippen molar-refractivity contribution in [2.24, 2.45) is 5.92 Å². The van der Waals surface area contributed by atoms with Gasteiger partial charge in [0.2, 0.25) is 0 Å². The fourth-order valence-corrected chi connectivity index (χ4v) is 5.39. The summed E-state index contributed by atoms with van der Waals surface area (Å²) >= 11 is 0. The minimum atomic E-state index is -0.458. The summed E-state index contributed by atoms with van der Waals surface area (Å²) in [7, 11) is 3.15. The molecule has 0 saturated heterocycles. The minimum Gasteiger partial charge on any atom is -0.493 e. The van der Waals surface area contributed by atoms with Crippen LogP contribution >= 0.6 is 0 Å². The first-order valence-corrected chi connectivity index (χ1v) is 17.3. The predicted molar refractivity (Wildman–Crippen MR) is 191 cm³/mol. The third-order valence-electron chi connectivity index (χ3n) is 8.19. The summed E-state index contributed by atoms with van der Waals surface area (Å²) in [6.45, 7) is 6.67. The van der Waals surface area contributed by atoms with Crippen molar-refractivity contribution in [3.05, 3.63) is 71.8 Å². The van der Waals surface area contributed by atoms with Crippen molar-refractivity contribution in [1.29, 1.82) is 0 Å². The lowest BCUT2D eigenvalue weighted by atomic mass is 10.00. The molecular weight excluding hydrogens is 624 g/mol. The number of methoxy groups -OCH3 is 2. The number of unbranched alkanes of at least 4 members (excludes halogenated alkanes) is 3. The molecule has 1 fully saturated rings. The van der Waals surface area contributed by atoms with Crippen LogP contribution in [0.15, 0.2) is 60.7 Å². The fraction of sp³-hybridized carbons (Fsp3) is 0.475. The molecule has 2 aromatic carbocycles. The van der Waals surface area contributed by atoms with E-state index in [1.807, 2.05) is 36.4 Å². The highest BCUT2D eigenvalue weighted by atomic mass is 16.5. The van der Waals surface area contributed by atoms with Crippen LogP contribution < -0.4 is 18.9 Å². The van der Waals surface area contributed by atoms with Gasteiger partial charge in [0.1, 0.15) is 0 Å². The molecule has 0 heterocycles. The molecule has 266 valence electrons. The molecule has 3 rings (SSSR count). The number of rotatable bonds is 23. The van der Waals surface area contributed by atoms with E-state index in [2.05, 4.69) is 6.58 Å². The Morgan fingerprint density at radius 2 is 1.27 bits per heavy atom. The number of ether oxygens (including phenoxy) is 6. The molecule has 0 unspecified atom stereocenters. The van der Waals surface area contributed by atoms with E-state index in [-0.39, 0.29) is 18.4 Å². The Morgan fingerprint density at radius 1 is 0.714 bits per heavy atom. The van der Waals surface area contributed by atoms with Crippen molar-refractivity contribution < 1.29 is 42.8 Å². The third kappa shape index (κ3) is 15.1. The maximum atomic E-state index is 12.3. The van der Waals surface area contributed by atoms with Crippen molar-refractivity contribution in [3.63, 3.8) is 0 Å². The van der Waals surface area contributed by atoms with Crippen LogP contribution in [-0.4, -0.2) is 58.4 Å². The van der Waals surface area contributed by atoms with Crippen LogP contribution in [0, 0.1) is 5.92 Å². The van der Waals surface area contributed by atoms with Gasteiger partial charge in [0.15, 0.2) is 28.8 Å². The van der Waals surface area contributed by atoms with Crippen molar-refractivity contribution in [2.45, 2.75) is 77.6 Å². The van der Waals surface area contributed by atoms with Crippen LogP contribution in [0.4, 0.5) is 0 Å². The smallest absolute Gasteiger partial charge is 0.333 e. The van der Waals surface area contributed by atoms with Gasteiger partial charge in [0.05, 0.1) is 40.6 Å². The third-order valence-corrected chi connectivity index (χ3v) is 8.19. The number of allylic oxidation sites excluding steroid dienone is 1. The molecule has 9 nitrogen and oxygen atoms in total. The standard InChI is InChI=1S/C40H52O9/c1-30(2)40(43)49-25-10-6-5-9-24-46-35-22-17-33(29-38(35)45-4)18-23-39(42)48-27-11-26-47-36-21-16-32(28-37(36)44-3)15-20-34(41)19-14-31-12-7-8-13-31/h15-18,20-23,28-29,31H,1,5-14,19,24-27H2,2-4H3/b20-15+,23-18+. The molecule has 49 heavy (non-hydrogen) atoms. The quantitative estimate of drug-likeness (QED) is 0.0652. The van der Waals surface area contributed by atoms with Gasteiger partial charge in [-0.1, -0.05) is 50.5 Å². The first kappa shape index (κ1) is 38.9. The van der Waals surface area contributed by atoms with Crippen LogP contribution in [0.5, 0.6) is 23.0 Å². The normalized spacial score (nSPS) is 13.0. The number of esters is 2. The van der Waals surface area contributed by atoms with Crippen LogP contribution in [-0.2, 0) is 23.9 Å². The van der Waals surface area contributed by atoms with Gasteiger partial charge in [0.25, 0.3) is 0 Å². The van der Waals surface area contributed by atoms with Crippen LogP contribution in [0.2, 0.25) is 0 Å². The van der Waals surface area contributed by atoms with Crippen molar-refractivity contribution in [1.82, 2.24) is 0 Å². The number of hydrogen-bond acceptors (Lipinski definition) is 9. The largest absolute Gasteiger partial charge is 0.493 e. The van der Waals surface area contributed by atoms with Gasteiger partial charge in [0, 0.05) is 24.5 Å². The van der Waals surface area contributed by atoms with E-state index in [0.29, 0.717) is 67.2 Å². The zero-order chi connectivity index (χ0) is 35.3. The summed E-state index contributed by atoms with van der Waals surface area (Å²) in [5.41, 5.74) is 2.04. The maximum absolute atomic E-state index is 12.3. The Morgan fingerprint density at radius 3 is 1.86 bits per heavy atom. The second-order valence-electron chi connectivity index (χ2n) is 12.2. The van der Waals surface area contributed by atoms with Gasteiger partial charge in [-0.2, -0.15) is 0 Å². The van der Waals surface area contributed by atoms with Gasteiger partial charge in [-0.05, 0) is 92.5 Å². The molecule has 0 radical (unpaired) electrons. The molecule has 1 aliphatic rings. The fourth-order valence-electron chi connectivity index (χ4n) is 5.39. The summed E-state index contributed by atoms with van der Waals surface area (Å²) in [5.74, 6) is 2.39. The molecule has 1 aliphatic carbocycles. The molecule has 0 N–H and O–H groups in total. The zero-order valence-corrected chi connectivity index (χ0v) is 29.3. The summed E-state index contributed by atoms with van der Waals surface area (Å²) in [6.07, 6.45) is 17.2. The molecular formula is C40H52O9. The monoisotopic (exact) mass is 676 g/mol. The Hall–Kier alpha value is -4.53. The molecule has 0 aliphatic heterocycles. The Labute approximate surface area is 291 Å². The summed E-state index contributed by atoms with van der Waals surface area (Å²) < 4.78 is 33.1. The Balaban J connectivity index is 1.32. The van der Waals surface area contributed by atoms with Gasteiger partial charge >= 0.3 is 11.9 Å². The average molecular weight is 677 g/mol. The van der Waals surface area contributed by atoms with E-state index >= 15 is 0 Å². The maximum Gasteiger partial charge on any atom is 0.333 e. The van der Waals surface area contributed by atoms with Crippen molar-refractivity contribution in [3.8, 4) is 23.0 Å². The Kier molecular flexibility index (Phi) is 17.6. The van der Waals surface area contributed by atoms with Gasteiger partial charge in [-0.25, -0.2) is 9.59 Å². The first-order valence-electron chi connectivity index (χ1n) is 17.3.